The summed E-state index contributed by atoms with van der Waals surface area (Å²) >= 11 is 7.16. The third-order valence-electron chi connectivity index (χ3n) is 5.80. The van der Waals surface area contributed by atoms with E-state index in [0.717, 1.165) is 41.4 Å². The Morgan fingerprint density at radius 3 is 2.66 bits per heavy atom. The van der Waals surface area contributed by atoms with Crippen molar-refractivity contribution in [3.8, 4) is 11.1 Å². The van der Waals surface area contributed by atoms with E-state index in [0.29, 0.717) is 28.0 Å². The van der Waals surface area contributed by atoms with E-state index in [4.69, 9.17) is 17.3 Å². The van der Waals surface area contributed by atoms with Crippen molar-refractivity contribution in [3.05, 3.63) is 65.6 Å². The van der Waals surface area contributed by atoms with Gasteiger partial charge in [-0.05, 0) is 60.7 Å². The molecular weight excluding hydrogens is 452 g/mol. The maximum Gasteiger partial charge on any atom is 0.147 e. The van der Waals surface area contributed by atoms with Gasteiger partial charge in [-0.2, -0.15) is 0 Å². The lowest BCUT2D eigenvalue weighted by Gasteiger charge is -2.12. The average Bonchev–Trinajstić information content (AvgIpc) is 3.42. The van der Waals surface area contributed by atoms with Crippen LogP contribution in [0.2, 0.25) is 5.02 Å². The molecule has 164 valence electrons. The van der Waals surface area contributed by atoms with Crippen LogP contribution >= 0.6 is 23.5 Å². The van der Waals surface area contributed by atoms with Gasteiger partial charge in [-0.3, -0.25) is 0 Å². The first-order chi connectivity index (χ1) is 15.5. The Bertz CT molecular complexity index is 1300. The number of nitrogen functional groups attached to an aromatic ring is 1. The molecule has 0 bridgehead atoms. The Morgan fingerprint density at radius 2 is 1.91 bits per heavy atom. The number of halogens is 3. The summed E-state index contributed by atoms with van der Waals surface area (Å²) in [6, 6.07) is 9.40. The van der Waals surface area contributed by atoms with Gasteiger partial charge < -0.3 is 15.0 Å². The molecule has 2 aromatic heterocycles. The fraction of sp³-hybridized carbons (Fsp3) is 0.217. The van der Waals surface area contributed by atoms with Crippen LogP contribution in [0.3, 0.4) is 0 Å². The number of fused-ring (bicyclic) bond motifs is 1. The zero-order chi connectivity index (χ0) is 22.2. The highest BCUT2D eigenvalue weighted by Gasteiger charge is 2.23. The first-order valence-corrected chi connectivity index (χ1v) is 11.5. The lowest BCUT2D eigenvalue weighted by Crippen LogP contribution is -2.04. The minimum Gasteiger partial charge on any atom is -0.383 e. The van der Waals surface area contributed by atoms with Crippen molar-refractivity contribution in [2.24, 2.45) is 0 Å². The minimum atomic E-state index is -0.426. The van der Waals surface area contributed by atoms with Crippen molar-refractivity contribution in [2.45, 2.75) is 36.6 Å². The Hall–Kier alpha value is -2.84. The van der Waals surface area contributed by atoms with Crippen LogP contribution in [0.4, 0.5) is 20.3 Å². The molecule has 5 rings (SSSR count). The predicted molar refractivity (Wildman–Crippen MR) is 126 cm³/mol. The van der Waals surface area contributed by atoms with Crippen molar-refractivity contribution in [2.75, 3.05) is 10.5 Å². The highest BCUT2D eigenvalue weighted by molar-refractivity contribution is 8.00. The summed E-state index contributed by atoms with van der Waals surface area (Å²) in [5.41, 5.74) is 8.78. The van der Waals surface area contributed by atoms with Gasteiger partial charge in [-0.25, -0.2) is 18.7 Å². The molecule has 0 saturated heterocycles. The van der Waals surface area contributed by atoms with E-state index in [9.17, 15) is 8.78 Å². The Balaban J connectivity index is 1.47. The van der Waals surface area contributed by atoms with Crippen LogP contribution in [0, 0.1) is 11.6 Å². The molecule has 1 saturated carbocycles. The van der Waals surface area contributed by atoms with E-state index >= 15 is 0 Å². The van der Waals surface area contributed by atoms with Crippen LogP contribution in [-0.2, 0) is 0 Å². The summed E-state index contributed by atoms with van der Waals surface area (Å²) < 4.78 is 33.3. The molecule has 1 fully saturated rings. The van der Waals surface area contributed by atoms with Crippen molar-refractivity contribution < 1.29 is 8.78 Å². The Labute approximate surface area is 193 Å². The van der Waals surface area contributed by atoms with Crippen molar-refractivity contribution >= 4 is 46.1 Å². The topological polar surface area (TPSA) is 68.8 Å². The second-order valence-corrected chi connectivity index (χ2v) is 9.07. The molecule has 5 nitrogen and oxygen atoms in total. The first kappa shape index (κ1) is 21.0. The number of anilines is 2. The van der Waals surface area contributed by atoms with E-state index in [2.05, 4.69) is 19.3 Å². The van der Waals surface area contributed by atoms with Gasteiger partial charge in [0.2, 0.25) is 0 Å². The molecule has 32 heavy (non-hydrogen) atoms. The van der Waals surface area contributed by atoms with Gasteiger partial charge in [0.25, 0.3) is 0 Å². The fourth-order valence-electron chi connectivity index (χ4n) is 4.22. The molecular formula is C23H20ClF2N5S. The van der Waals surface area contributed by atoms with E-state index in [1.165, 1.54) is 37.4 Å². The van der Waals surface area contributed by atoms with Crippen molar-refractivity contribution in [1.29, 1.82) is 0 Å². The van der Waals surface area contributed by atoms with Gasteiger partial charge in [-0.1, -0.05) is 30.5 Å². The zero-order valence-electron chi connectivity index (χ0n) is 17.0. The number of hydrogen-bond donors (Lipinski definition) is 2. The lowest BCUT2D eigenvalue weighted by molar-refractivity contribution is 0.532. The number of rotatable bonds is 5. The summed E-state index contributed by atoms with van der Waals surface area (Å²) in [5, 5.41) is 1.00. The summed E-state index contributed by atoms with van der Waals surface area (Å²) in [6.07, 6.45) is 8.04. The van der Waals surface area contributed by atoms with Crippen molar-refractivity contribution in [3.63, 3.8) is 0 Å². The van der Waals surface area contributed by atoms with Crippen LogP contribution in [-0.4, -0.2) is 14.5 Å². The third kappa shape index (κ3) is 3.89. The van der Waals surface area contributed by atoms with Crippen molar-refractivity contribution in [1.82, 2.24) is 14.5 Å². The highest BCUT2D eigenvalue weighted by atomic mass is 35.5. The molecule has 2 heterocycles. The predicted octanol–water partition coefficient (Wildman–Crippen LogP) is 6.85. The van der Waals surface area contributed by atoms with Gasteiger partial charge in [0, 0.05) is 22.7 Å². The molecule has 1 aliphatic rings. The molecule has 3 N–H and O–H groups in total. The number of nitrogens with two attached hydrogens (primary N) is 1. The molecule has 4 aromatic rings. The number of aromatic nitrogens is 3. The Morgan fingerprint density at radius 1 is 1.09 bits per heavy atom. The molecule has 0 spiro atoms. The summed E-state index contributed by atoms with van der Waals surface area (Å²) in [6.45, 7) is 0. The normalized spacial score (nSPS) is 14.3. The molecule has 0 aliphatic heterocycles. The molecule has 1 aliphatic carbocycles. The zero-order valence-corrected chi connectivity index (χ0v) is 18.6. The number of hydrogen-bond acceptors (Lipinski definition) is 5. The molecule has 0 radical (unpaired) electrons. The highest BCUT2D eigenvalue weighted by Crippen LogP contribution is 2.39. The minimum absolute atomic E-state index is 0.259. The second-order valence-electron chi connectivity index (χ2n) is 7.82. The van der Waals surface area contributed by atoms with E-state index in [-0.39, 0.29) is 5.02 Å². The van der Waals surface area contributed by atoms with Gasteiger partial charge in [0.15, 0.2) is 0 Å². The summed E-state index contributed by atoms with van der Waals surface area (Å²) in [7, 11) is 0. The molecule has 0 unspecified atom stereocenters. The quantitative estimate of drug-likeness (QED) is 0.311. The van der Waals surface area contributed by atoms with Gasteiger partial charge in [0.1, 0.15) is 29.4 Å². The average molecular weight is 472 g/mol. The summed E-state index contributed by atoms with van der Waals surface area (Å²) in [5.74, 6) is -0.466. The maximum atomic E-state index is 15.0. The lowest BCUT2D eigenvalue weighted by atomic mass is 10.1. The van der Waals surface area contributed by atoms with Crippen LogP contribution in [0.15, 0.2) is 53.8 Å². The maximum absolute atomic E-state index is 15.0. The van der Waals surface area contributed by atoms with E-state index in [1.54, 1.807) is 12.1 Å². The van der Waals surface area contributed by atoms with Crippen LogP contribution < -0.4 is 10.5 Å². The standard InChI is InChI=1S/C23H20ClF2N5S/c24-17-10-14(25)6-8-20(17)32-30-19-7-5-13(9-18(19)26)16-11-31(15-3-1-2-4-15)23-21(16)22(27)28-12-29-23/h5-12,15,30H,1-4H2,(H2,27,28,29). The monoisotopic (exact) mass is 471 g/mol. The van der Waals surface area contributed by atoms with Crippen LogP contribution in [0.25, 0.3) is 22.2 Å². The Kier molecular flexibility index (Phi) is 5.65. The molecule has 2 aromatic carbocycles. The molecule has 0 amide bonds. The van der Waals surface area contributed by atoms with Gasteiger partial charge >= 0.3 is 0 Å². The second kappa shape index (κ2) is 8.60. The molecule has 9 heteroatoms. The first-order valence-electron chi connectivity index (χ1n) is 10.3. The number of nitrogens with one attached hydrogen (secondary N) is 1. The number of benzene rings is 2. The largest absolute Gasteiger partial charge is 0.383 e. The smallest absolute Gasteiger partial charge is 0.147 e. The summed E-state index contributed by atoms with van der Waals surface area (Å²) in [4.78, 5) is 9.23. The molecule has 0 atom stereocenters. The third-order valence-corrected chi connectivity index (χ3v) is 7.12. The van der Waals surface area contributed by atoms with Gasteiger partial charge in [-0.15, -0.1) is 0 Å². The van der Waals surface area contributed by atoms with Crippen LogP contribution in [0.1, 0.15) is 31.7 Å². The van der Waals surface area contributed by atoms with Gasteiger partial charge in [0.05, 0.1) is 16.1 Å². The number of nitrogens with zero attached hydrogens (tertiary/aromatic N) is 3. The fourth-order valence-corrected chi connectivity index (χ4v) is 5.18. The van der Waals surface area contributed by atoms with E-state index in [1.807, 2.05) is 12.3 Å². The van der Waals surface area contributed by atoms with Crippen LogP contribution in [0.5, 0.6) is 0 Å². The van der Waals surface area contributed by atoms with E-state index < -0.39 is 11.6 Å². The SMILES string of the molecule is Nc1ncnc2c1c(-c1ccc(NSc3ccc(F)cc3Cl)c(F)c1)cn2C1CCCC1.